The second-order valence-corrected chi connectivity index (χ2v) is 5.52. The summed E-state index contributed by atoms with van der Waals surface area (Å²) >= 11 is 0. The van der Waals surface area contributed by atoms with Gasteiger partial charge in [0.2, 0.25) is 5.91 Å². The number of nitrogens with one attached hydrogen (secondary N) is 1. The van der Waals surface area contributed by atoms with Crippen LogP contribution in [0.15, 0.2) is 0 Å². The largest absolute Gasteiger partial charge is 0.394 e. The summed E-state index contributed by atoms with van der Waals surface area (Å²) in [4.78, 5) is 11.1. The predicted molar refractivity (Wildman–Crippen MR) is 70.0 cm³/mol. The summed E-state index contributed by atoms with van der Waals surface area (Å²) in [5.41, 5.74) is 0. The Bertz CT molecular complexity index is 353. The van der Waals surface area contributed by atoms with Gasteiger partial charge in [0, 0.05) is 26.2 Å². The molecule has 21 heavy (non-hydrogen) atoms. The summed E-state index contributed by atoms with van der Waals surface area (Å²) in [7, 11) is 0. The van der Waals surface area contributed by atoms with Gasteiger partial charge in [0.1, 0.15) is 0 Å². The fourth-order valence-corrected chi connectivity index (χ4v) is 2.64. The molecule has 0 aliphatic carbocycles. The van der Waals surface area contributed by atoms with Crippen molar-refractivity contribution in [1.82, 2.24) is 5.32 Å². The maximum atomic E-state index is 11.1. The van der Waals surface area contributed by atoms with Crippen molar-refractivity contribution < 1.29 is 34.3 Å². The van der Waals surface area contributed by atoms with Gasteiger partial charge in [-0.15, -0.1) is 0 Å². The minimum atomic E-state index is -1.06. The molecule has 6 atom stereocenters. The molecule has 0 spiro atoms. The van der Waals surface area contributed by atoms with Gasteiger partial charge in [-0.1, -0.05) is 0 Å². The first-order valence-corrected chi connectivity index (χ1v) is 7.14. The van der Waals surface area contributed by atoms with Gasteiger partial charge in [0.15, 0.2) is 12.6 Å². The molecule has 8 heteroatoms. The summed E-state index contributed by atoms with van der Waals surface area (Å²) in [5.74, 6) is -0.256. The van der Waals surface area contributed by atoms with Crippen LogP contribution in [0.25, 0.3) is 0 Å². The van der Waals surface area contributed by atoms with Crippen molar-refractivity contribution >= 4 is 5.91 Å². The third kappa shape index (κ3) is 4.87. The van der Waals surface area contributed by atoms with Crippen LogP contribution in [0.4, 0.5) is 0 Å². The highest BCUT2D eigenvalue weighted by molar-refractivity contribution is 5.73. The van der Waals surface area contributed by atoms with Gasteiger partial charge in [-0.25, -0.2) is 0 Å². The summed E-state index contributed by atoms with van der Waals surface area (Å²) in [6, 6.07) is -0.539. The number of rotatable bonds is 4. The van der Waals surface area contributed by atoms with Gasteiger partial charge in [-0.3, -0.25) is 4.79 Å². The number of carbonyl (C=O) groups excluding carboxylic acids is 1. The molecule has 0 radical (unpaired) electrons. The molecule has 2 aliphatic rings. The minimum Gasteiger partial charge on any atom is -0.394 e. The van der Waals surface area contributed by atoms with Gasteiger partial charge < -0.3 is 34.8 Å². The zero-order valence-electron chi connectivity index (χ0n) is 12.0. The number of ether oxygens (including phenoxy) is 3. The van der Waals surface area contributed by atoms with Gasteiger partial charge >= 0.3 is 0 Å². The van der Waals surface area contributed by atoms with Crippen molar-refractivity contribution in [2.45, 2.75) is 63.1 Å². The van der Waals surface area contributed by atoms with Crippen LogP contribution in [0.2, 0.25) is 0 Å². The quantitative estimate of drug-likeness (QED) is 0.498. The van der Waals surface area contributed by atoms with Crippen molar-refractivity contribution in [3.8, 4) is 0 Å². The first kappa shape index (κ1) is 16.6. The first-order valence-electron chi connectivity index (χ1n) is 7.14. The highest BCUT2D eigenvalue weighted by Gasteiger charge is 2.35. The van der Waals surface area contributed by atoms with Crippen LogP contribution in [0, 0.1) is 0 Å². The average Bonchev–Trinajstić information content (AvgIpc) is 2.41. The number of aliphatic hydroxyl groups is 3. The molecule has 0 aromatic heterocycles. The Hall–Kier alpha value is -0.770. The number of aliphatic hydroxyl groups excluding tert-OH is 3. The van der Waals surface area contributed by atoms with E-state index in [0.717, 1.165) is 0 Å². The van der Waals surface area contributed by atoms with Gasteiger partial charge in [0.25, 0.3) is 0 Å². The van der Waals surface area contributed by atoms with Gasteiger partial charge in [-0.05, 0) is 0 Å². The zero-order valence-corrected chi connectivity index (χ0v) is 12.0. The molecule has 8 nitrogen and oxygen atoms in total. The predicted octanol–water partition coefficient (Wildman–Crippen LogP) is -1.53. The molecular weight excluding hydrogens is 282 g/mol. The van der Waals surface area contributed by atoms with Crippen LogP contribution in [0.1, 0.15) is 26.2 Å². The van der Waals surface area contributed by atoms with E-state index in [1.54, 1.807) is 0 Å². The fourth-order valence-electron chi connectivity index (χ4n) is 2.64. The molecule has 2 rings (SSSR count). The lowest BCUT2D eigenvalue weighted by Crippen LogP contribution is -2.52. The molecule has 0 aromatic carbocycles. The number of hydrogen-bond acceptors (Lipinski definition) is 7. The zero-order chi connectivity index (χ0) is 15.4. The normalized spacial score (nSPS) is 40.8. The highest BCUT2D eigenvalue weighted by Crippen LogP contribution is 2.24. The maximum Gasteiger partial charge on any atom is 0.217 e. The molecule has 2 aliphatic heterocycles. The third-order valence-corrected chi connectivity index (χ3v) is 3.59. The Kier molecular flexibility index (Phi) is 5.91. The Morgan fingerprint density at radius 1 is 1.33 bits per heavy atom. The summed E-state index contributed by atoms with van der Waals surface area (Å²) in [6.45, 7) is 1.37. The fraction of sp³-hybridized carbons (Fsp3) is 0.923. The van der Waals surface area contributed by atoms with E-state index in [0.29, 0.717) is 19.3 Å². The van der Waals surface area contributed by atoms with E-state index >= 15 is 0 Å². The molecular formula is C13H23NO7. The van der Waals surface area contributed by atoms with E-state index in [9.17, 15) is 15.0 Å². The molecule has 0 bridgehead atoms. The topological polar surface area (TPSA) is 117 Å². The lowest BCUT2D eigenvalue weighted by Gasteiger charge is -2.38. The Balaban J connectivity index is 1.85. The Morgan fingerprint density at radius 3 is 2.76 bits per heavy atom. The van der Waals surface area contributed by atoms with Crippen molar-refractivity contribution in [3.05, 3.63) is 0 Å². The first-order chi connectivity index (χ1) is 9.97. The van der Waals surface area contributed by atoms with E-state index in [1.807, 2.05) is 0 Å². The molecule has 2 heterocycles. The Morgan fingerprint density at radius 2 is 2.10 bits per heavy atom. The summed E-state index contributed by atoms with van der Waals surface area (Å²) < 4.78 is 16.4. The second kappa shape index (κ2) is 7.48. The molecule has 0 aromatic rings. The van der Waals surface area contributed by atoms with Crippen molar-refractivity contribution in [3.63, 3.8) is 0 Å². The molecule has 1 amide bonds. The summed E-state index contributed by atoms with van der Waals surface area (Å²) in [6.07, 6.45) is -1.99. The van der Waals surface area contributed by atoms with Crippen LogP contribution in [-0.4, -0.2) is 71.4 Å². The number of carbonyl (C=O) groups is 1. The monoisotopic (exact) mass is 305 g/mol. The van der Waals surface area contributed by atoms with E-state index < -0.39 is 30.8 Å². The highest BCUT2D eigenvalue weighted by atomic mass is 16.7. The minimum absolute atomic E-state index is 0.175. The van der Waals surface area contributed by atoms with Crippen LogP contribution < -0.4 is 5.32 Å². The van der Waals surface area contributed by atoms with E-state index in [4.69, 9.17) is 19.3 Å². The van der Waals surface area contributed by atoms with E-state index in [-0.39, 0.29) is 25.2 Å². The van der Waals surface area contributed by atoms with Crippen LogP contribution in [-0.2, 0) is 19.0 Å². The van der Waals surface area contributed by atoms with Crippen molar-refractivity contribution in [2.75, 3.05) is 13.2 Å². The SMILES string of the molecule is CC(=O)N[C@@H]1C[C@H](O[C@H]2C[C@@H](O)C[C@@H](CO)O2)COC1O. The third-order valence-electron chi connectivity index (χ3n) is 3.59. The molecule has 0 saturated carbocycles. The molecule has 1 unspecified atom stereocenters. The van der Waals surface area contributed by atoms with Gasteiger partial charge in [0.05, 0.1) is 37.6 Å². The lowest BCUT2D eigenvalue weighted by atomic mass is 10.0. The van der Waals surface area contributed by atoms with Crippen molar-refractivity contribution in [1.29, 1.82) is 0 Å². The standard InChI is InChI=1S/C13H23NO7/c1-7(16)14-11-4-10(6-19-13(11)18)21-12-3-8(17)2-9(5-15)20-12/h8-13,15,17-18H,2-6H2,1H3,(H,14,16)/t8-,9-,10-,11+,12-,13?/m0/s1. The molecule has 122 valence electrons. The number of hydrogen-bond donors (Lipinski definition) is 4. The average molecular weight is 305 g/mol. The van der Waals surface area contributed by atoms with Crippen LogP contribution in [0.3, 0.4) is 0 Å². The van der Waals surface area contributed by atoms with E-state index in [1.165, 1.54) is 6.92 Å². The lowest BCUT2D eigenvalue weighted by molar-refractivity contribution is -0.266. The molecule has 2 fully saturated rings. The van der Waals surface area contributed by atoms with Crippen LogP contribution in [0.5, 0.6) is 0 Å². The molecule has 4 N–H and O–H groups in total. The smallest absolute Gasteiger partial charge is 0.217 e. The van der Waals surface area contributed by atoms with Crippen molar-refractivity contribution in [2.24, 2.45) is 0 Å². The van der Waals surface area contributed by atoms with E-state index in [2.05, 4.69) is 5.32 Å². The number of amides is 1. The van der Waals surface area contributed by atoms with Crippen LogP contribution >= 0.6 is 0 Å². The molecule has 2 saturated heterocycles. The Labute approximate surface area is 123 Å². The summed E-state index contributed by atoms with van der Waals surface area (Å²) in [5, 5.41) is 31.1. The second-order valence-electron chi connectivity index (χ2n) is 5.52. The van der Waals surface area contributed by atoms with Gasteiger partial charge in [-0.2, -0.15) is 0 Å². The maximum absolute atomic E-state index is 11.1.